The second-order valence-electron chi connectivity index (χ2n) is 20.4. The largest absolute Gasteiger partial charge is 0.514 e. The van der Waals surface area contributed by atoms with E-state index in [0.717, 1.165) is 58.1 Å². The molecule has 0 unspecified atom stereocenters. The van der Waals surface area contributed by atoms with Crippen molar-refractivity contribution < 1.29 is 172 Å². The van der Waals surface area contributed by atoms with Gasteiger partial charge in [0.2, 0.25) is 0 Å². The van der Waals surface area contributed by atoms with E-state index in [1.54, 1.807) is 117 Å². The zero-order valence-corrected chi connectivity index (χ0v) is 68.0. The monoisotopic (exact) mass is 1730 g/mol. The molecule has 0 atom stereocenters. The van der Waals surface area contributed by atoms with Crippen molar-refractivity contribution in [3.8, 4) is 45.7 Å². The Bertz CT molecular complexity index is 4930. The minimum absolute atomic E-state index is 0. The molecule has 24 nitrogen and oxygen atoms in total. The summed E-state index contributed by atoms with van der Waals surface area (Å²) in [6.45, 7) is 10.1. The van der Waals surface area contributed by atoms with Crippen LogP contribution in [0.2, 0.25) is 0 Å². The number of aromatic nitrogens is 16. The van der Waals surface area contributed by atoms with Crippen molar-refractivity contribution in [3.63, 3.8) is 0 Å². The molecule has 12 aromatic rings. The topological polar surface area (TPSA) is 248 Å². The molecule has 0 amide bonds. The fourth-order valence-electron chi connectivity index (χ4n) is 9.04. The Morgan fingerprint density at radius 2 is 0.745 bits per heavy atom. The van der Waals surface area contributed by atoms with Gasteiger partial charge in [0.05, 0.1) is 22.7 Å². The molecule has 0 fully saturated rings. The van der Waals surface area contributed by atoms with Gasteiger partial charge in [-0.15, -0.1) is 48.5 Å². The number of rotatable bonds is 21. The Labute approximate surface area is 689 Å². The quantitative estimate of drug-likeness (QED) is 0.0369. The van der Waals surface area contributed by atoms with Crippen molar-refractivity contribution in [2.24, 2.45) is 28.2 Å². The van der Waals surface area contributed by atoms with Crippen LogP contribution in [0, 0.1) is 24.3 Å². The molecule has 102 heavy (non-hydrogen) atoms. The molecule has 0 saturated heterocycles. The van der Waals surface area contributed by atoms with E-state index in [-0.39, 0.29) is 197 Å². The van der Waals surface area contributed by atoms with E-state index in [9.17, 15) is 41.1 Å². The molecule has 0 N–H and O–H groups in total. The SMILES string of the molecule is C=C(C)c1cccc(-n2nnn(C)c2=O)c1COc1cc[c-]cc1.C=Cc1cccc(-n2nnn(C)c2=O)c1COc1cc[c-]cc1.Cn1nnn(-c2cccc(SC(F)(F)F)c2COc2cc[c-]cc2)c1=O.Cn1nnn(-c2cccc(SC(F)F)c2COc2cc[c-]cc2)c1=O.[Y].[Y].[Y].[Y]. The summed E-state index contributed by atoms with van der Waals surface area (Å²) in [4.78, 5) is 48.8. The van der Waals surface area contributed by atoms with E-state index in [2.05, 4.69) is 79.1 Å². The number of allylic oxidation sites excluding steroid dienone is 1. The van der Waals surface area contributed by atoms with Gasteiger partial charge in [0.15, 0.2) is 0 Å². The van der Waals surface area contributed by atoms with Gasteiger partial charge >= 0.3 is 28.3 Å². The molecule has 4 radical (unpaired) electrons. The van der Waals surface area contributed by atoms with Gasteiger partial charge in [-0.1, -0.05) is 73.0 Å². The Morgan fingerprint density at radius 1 is 0.451 bits per heavy atom. The molecule has 0 saturated carbocycles. The smallest absolute Gasteiger partial charge is 0.446 e. The van der Waals surface area contributed by atoms with Crippen molar-refractivity contribution >= 4 is 35.2 Å². The minimum atomic E-state index is -4.48. The summed E-state index contributed by atoms with van der Waals surface area (Å²) >= 11 is 0.119. The predicted octanol–water partition coefficient (Wildman–Crippen LogP) is 9.97. The molecule has 12 rings (SSSR count). The Kier molecular flexibility index (Phi) is 34.5. The Hall–Kier alpha value is -7.31. The number of benzene rings is 8. The third-order valence-corrected chi connectivity index (χ3v) is 15.4. The average molecular weight is 1730 g/mol. The summed E-state index contributed by atoms with van der Waals surface area (Å²) < 4.78 is 96.4. The summed E-state index contributed by atoms with van der Waals surface area (Å²) in [6, 6.07) is 59.5. The van der Waals surface area contributed by atoms with Crippen LogP contribution in [-0.2, 0) is 185 Å². The molecule has 8 aromatic carbocycles. The molecule has 35 heteroatoms. The number of halogens is 5. The third kappa shape index (κ3) is 23.1. The molecule has 0 aliphatic carbocycles. The van der Waals surface area contributed by atoms with Gasteiger partial charge in [-0.2, -0.15) is 132 Å². The second-order valence-corrected chi connectivity index (χ2v) is 22.5. The van der Waals surface area contributed by atoms with Crippen molar-refractivity contribution in [1.29, 1.82) is 0 Å². The van der Waals surface area contributed by atoms with E-state index in [4.69, 9.17) is 18.9 Å². The van der Waals surface area contributed by atoms with Crippen molar-refractivity contribution in [2.75, 3.05) is 0 Å². The Morgan fingerprint density at radius 3 is 1.06 bits per heavy atom. The first kappa shape index (κ1) is 85.3. The van der Waals surface area contributed by atoms with Gasteiger partial charge in [0.25, 0.3) is 5.76 Å². The first-order chi connectivity index (χ1) is 47.2. The van der Waals surface area contributed by atoms with E-state index in [0.29, 0.717) is 50.8 Å². The number of alkyl halides is 5. The van der Waals surface area contributed by atoms with E-state index >= 15 is 0 Å². The molecule has 4 aromatic heterocycles. The summed E-state index contributed by atoms with van der Waals surface area (Å²) in [7, 11) is 5.97. The normalized spacial score (nSPS) is 10.5. The molecule has 516 valence electrons. The van der Waals surface area contributed by atoms with Crippen LogP contribution in [-0.4, -0.2) is 90.4 Å². The zero-order chi connectivity index (χ0) is 69.9. The molecule has 0 aliphatic heterocycles. The van der Waals surface area contributed by atoms with Gasteiger partial charge in [-0.05, 0) is 108 Å². The molecular weight excluding hydrogens is 1670 g/mol. The van der Waals surface area contributed by atoms with Gasteiger partial charge in [0, 0.05) is 214 Å². The van der Waals surface area contributed by atoms with E-state index in [1.807, 2.05) is 61.5 Å². The first-order valence-corrected chi connectivity index (χ1v) is 30.7. The van der Waals surface area contributed by atoms with Gasteiger partial charge in [-0.25, -0.2) is 19.2 Å². The maximum absolute atomic E-state index is 12.9. The standard InChI is InChI=1S/C18H17N4O2.C17H15N4O2.C16H12F3N4O2S.C16H13F2N4O2S.4Y/c1-13(2)15-10-7-11-17(22-18(23)21(3)19-20-22)16(15)12-24-14-8-5-4-6-9-14;1-3-13-8-7-11-16(21-17(22)20(2)18-19-21)15(13)12-23-14-9-5-4-6-10-14;1-22-15(24)23(21-20-22)13-8-5-9-14(26-16(17,18)19)12(13)10-25-11-6-3-2-4-7-11;1-21-16(23)22(20-19-21)13-8-5-9-14(25-15(17)18)12(13)10-24-11-6-3-2-4-7-11;;;;/h5-11H,1,12H2,2-3H3;3,5-11H,1,12H2,2H3;3-9H,10H2,1H3;3-9,15H,10H2,1H3;;;;/q4*-1;;;;. The average Bonchev–Trinajstić information content (AvgIpc) is 1.62. The van der Waals surface area contributed by atoms with Crippen LogP contribution in [0.25, 0.3) is 34.4 Å². The van der Waals surface area contributed by atoms with Crippen molar-refractivity contribution in [1.82, 2.24) is 79.2 Å². The Balaban J connectivity index is 0.000000242. The number of thioether (sulfide) groups is 2. The van der Waals surface area contributed by atoms with Crippen molar-refractivity contribution in [3.05, 3.63) is 283 Å². The number of ether oxygens (including phenoxy) is 4. The summed E-state index contributed by atoms with van der Waals surface area (Å²) in [5, 5.41) is 30.1. The van der Waals surface area contributed by atoms with Crippen LogP contribution in [0.15, 0.2) is 212 Å². The van der Waals surface area contributed by atoms with Crippen molar-refractivity contribution in [2.45, 2.75) is 54.4 Å². The number of hydrogen-bond acceptors (Lipinski definition) is 18. The van der Waals surface area contributed by atoms with Crippen LogP contribution in [0.4, 0.5) is 22.0 Å². The zero-order valence-electron chi connectivity index (χ0n) is 55.0. The van der Waals surface area contributed by atoms with Gasteiger partial charge in [0.1, 0.15) is 26.4 Å². The third-order valence-electron chi connectivity index (χ3n) is 13.8. The molecule has 0 aliphatic rings. The summed E-state index contributed by atoms with van der Waals surface area (Å²) in [5.74, 6) is -0.122. The minimum Gasteiger partial charge on any atom is -0.514 e. The summed E-state index contributed by atoms with van der Waals surface area (Å²) in [6.07, 6.45) is 1.72. The molecule has 0 spiro atoms. The van der Waals surface area contributed by atoms with Crippen LogP contribution < -0.4 is 41.7 Å². The number of hydrogen-bond donors (Lipinski definition) is 0. The maximum atomic E-state index is 12.9. The molecular formula is C67H57F5N16O8S2Y4-4. The number of aryl methyl sites for hydroxylation is 4. The van der Waals surface area contributed by atoms with E-state index in [1.165, 1.54) is 51.0 Å². The van der Waals surface area contributed by atoms with Gasteiger partial charge in [-0.3, -0.25) is 0 Å². The fraction of sp³-hybridized carbons (Fsp3) is 0.164. The van der Waals surface area contributed by atoms with Crippen LogP contribution in [0.3, 0.4) is 0 Å². The van der Waals surface area contributed by atoms with Crippen LogP contribution in [0.5, 0.6) is 23.0 Å². The van der Waals surface area contributed by atoms with Gasteiger partial charge < -0.3 is 18.9 Å². The fourth-order valence-corrected chi connectivity index (χ4v) is 10.4. The van der Waals surface area contributed by atoms with Crippen LogP contribution >= 0.6 is 23.5 Å². The molecule has 0 bridgehead atoms. The van der Waals surface area contributed by atoms with Crippen LogP contribution in [0.1, 0.15) is 40.3 Å². The maximum Gasteiger partial charge on any atom is 0.446 e. The predicted molar refractivity (Wildman–Crippen MR) is 353 cm³/mol. The summed E-state index contributed by atoms with van der Waals surface area (Å²) in [5.41, 5.74) is 0.583. The number of nitrogens with zero attached hydrogens (tertiary/aromatic N) is 16. The number of tetrazole rings is 4. The van der Waals surface area contributed by atoms with E-state index < -0.39 is 22.6 Å². The molecule has 4 heterocycles. The first-order valence-electron chi connectivity index (χ1n) is 29.0. The second kappa shape index (κ2) is 41.2.